The van der Waals surface area contributed by atoms with Crippen molar-refractivity contribution in [3.63, 3.8) is 0 Å². The van der Waals surface area contributed by atoms with Gasteiger partial charge in [-0.25, -0.2) is 0 Å². The lowest BCUT2D eigenvalue weighted by molar-refractivity contribution is 0.00505. The Bertz CT molecular complexity index is 151. The molecular formula is C12H27NO2. The molecule has 3 nitrogen and oxygen atoms in total. The smallest absolute Gasteiger partial charge is 0.0897 e. The van der Waals surface area contributed by atoms with Crippen molar-refractivity contribution in [3.8, 4) is 0 Å². The predicted molar refractivity (Wildman–Crippen MR) is 64.0 cm³/mol. The van der Waals surface area contributed by atoms with Crippen LogP contribution in [-0.2, 0) is 4.74 Å². The summed E-state index contributed by atoms with van der Waals surface area (Å²) in [4.78, 5) is 0. The van der Waals surface area contributed by atoms with Crippen molar-refractivity contribution in [2.45, 2.75) is 59.3 Å². The van der Waals surface area contributed by atoms with Gasteiger partial charge in [-0.05, 0) is 26.7 Å². The molecule has 0 aliphatic rings. The zero-order chi connectivity index (χ0) is 11.8. The number of aliphatic hydroxyl groups is 1. The van der Waals surface area contributed by atoms with Crippen LogP contribution in [0.2, 0.25) is 0 Å². The molecule has 3 heteroatoms. The summed E-state index contributed by atoms with van der Waals surface area (Å²) in [6, 6.07) is 0.448. The lowest BCUT2D eigenvalue weighted by Crippen LogP contribution is -2.39. The first-order valence-electron chi connectivity index (χ1n) is 6.00. The van der Waals surface area contributed by atoms with Crippen LogP contribution in [0.3, 0.4) is 0 Å². The van der Waals surface area contributed by atoms with Crippen LogP contribution < -0.4 is 5.32 Å². The standard InChI is InChI=1S/C12H27NO2/c1-6-10(4)11(5)13-7-12(14)8-15-9(2)3/h9-14H,6-8H2,1-5H3. The maximum Gasteiger partial charge on any atom is 0.0897 e. The fourth-order valence-electron chi connectivity index (χ4n) is 1.24. The van der Waals surface area contributed by atoms with E-state index in [4.69, 9.17) is 4.74 Å². The van der Waals surface area contributed by atoms with Crippen LogP contribution >= 0.6 is 0 Å². The average Bonchev–Trinajstić information content (AvgIpc) is 2.21. The zero-order valence-corrected chi connectivity index (χ0v) is 10.8. The molecule has 0 fully saturated rings. The molecule has 0 aliphatic heterocycles. The van der Waals surface area contributed by atoms with Crippen LogP contribution in [0.25, 0.3) is 0 Å². The lowest BCUT2D eigenvalue weighted by Gasteiger charge is -2.22. The number of ether oxygens (including phenoxy) is 1. The second-order valence-corrected chi connectivity index (χ2v) is 4.62. The van der Waals surface area contributed by atoms with E-state index < -0.39 is 6.10 Å². The maximum atomic E-state index is 9.61. The van der Waals surface area contributed by atoms with E-state index in [1.807, 2.05) is 13.8 Å². The van der Waals surface area contributed by atoms with Crippen LogP contribution in [0.5, 0.6) is 0 Å². The molecule has 0 saturated carbocycles. The Morgan fingerprint density at radius 2 is 1.80 bits per heavy atom. The van der Waals surface area contributed by atoms with E-state index >= 15 is 0 Å². The topological polar surface area (TPSA) is 41.5 Å². The molecule has 0 amide bonds. The molecule has 0 aromatic carbocycles. The molecule has 0 aromatic heterocycles. The second kappa shape index (κ2) is 8.08. The maximum absolute atomic E-state index is 9.61. The Hall–Kier alpha value is -0.120. The van der Waals surface area contributed by atoms with E-state index in [2.05, 4.69) is 26.1 Å². The molecule has 0 rings (SSSR count). The van der Waals surface area contributed by atoms with Gasteiger partial charge >= 0.3 is 0 Å². The summed E-state index contributed by atoms with van der Waals surface area (Å²) >= 11 is 0. The van der Waals surface area contributed by atoms with Gasteiger partial charge in [0, 0.05) is 12.6 Å². The Kier molecular flexibility index (Phi) is 8.02. The van der Waals surface area contributed by atoms with Gasteiger partial charge in [0.2, 0.25) is 0 Å². The van der Waals surface area contributed by atoms with Gasteiger partial charge in [-0.1, -0.05) is 20.3 Å². The van der Waals surface area contributed by atoms with E-state index in [0.29, 0.717) is 25.1 Å². The summed E-state index contributed by atoms with van der Waals surface area (Å²) in [6.07, 6.45) is 0.942. The van der Waals surface area contributed by atoms with Crippen molar-refractivity contribution in [1.29, 1.82) is 0 Å². The van der Waals surface area contributed by atoms with Crippen LogP contribution in [0.4, 0.5) is 0 Å². The minimum atomic E-state index is -0.404. The summed E-state index contributed by atoms with van der Waals surface area (Å²) in [6.45, 7) is 11.5. The van der Waals surface area contributed by atoms with Crippen molar-refractivity contribution in [1.82, 2.24) is 5.32 Å². The molecular weight excluding hydrogens is 190 g/mol. The summed E-state index contributed by atoms with van der Waals surface area (Å²) in [5.41, 5.74) is 0. The number of aliphatic hydroxyl groups excluding tert-OH is 1. The molecule has 0 aliphatic carbocycles. The van der Waals surface area contributed by atoms with Crippen LogP contribution in [-0.4, -0.2) is 36.5 Å². The summed E-state index contributed by atoms with van der Waals surface area (Å²) < 4.78 is 5.33. The highest BCUT2D eigenvalue weighted by Crippen LogP contribution is 2.06. The monoisotopic (exact) mass is 217 g/mol. The number of nitrogens with one attached hydrogen (secondary N) is 1. The van der Waals surface area contributed by atoms with Crippen molar-refractivity contribution >= 4 is 0 Å². The number of hydrogen-bond donors (Lipinski definition) is 2. The minimum absolute atomic E-state index is 0.187. The van der Waals surface area contributed by atoms with Crippen molar-refractivity contribution in [3.05, 3.63) is 0 Å². The molecule has 0 radical (unpaired) electrons. The first kappa shape index (κ1) is 14.9. The van der Waals surface area contributed by atoms with E-state index in [9.17, 15) is 5.11 Å². The zero-order valence-electron chi connectivity index (χ0n) is 10.8. The van der Waals surface area contributed by atoms with E-state index in [1.165, 1.54) is 0 Å². The highest BCUT2D eigenvalue weighted by molar-refractivity contribution is 4.69. The van der Waals surface area contributed by atoms with Crippen molar-refractivity contribution in [2.24, 2.45) is 5.92 Å². The fourth-order valence-corrected chi connectivity index (χ4v) is 1.24. The summed E-state index contributed by atoms with van der Waals surface area (Å²) in [5, 5.41) is 12.9. The highest BCUT2D eigenvalue weighted by atomic mass is 16.5. The van der Waals surface area contributed by atoms with Gasteiger partial charge in [0.1, 0.15) is 0 Å². The first-order valence-corrected chi connectivity index (χ1v) is 6.00. The normalized spacial score (nSPS) is 17.8. The molecule has 0 bridgehead atoms. The molecule has 3 unspecified atom stereocenters. The highest BCUT2D eigenvalue weighted by Gasteiger charge is 2.12. The Morgan fingerprint density at radius 1 is 1.20 bits per heavy atom. The largest absolute Gasteiger partial charge is 0.389 e. The predicted octanol–water partition coefficient (Wildman–Crippen LogP) is 1.80. The van der Waals surface area contributed by atoms with Gasteiger partial charge in [0.15, 0.2) is 0 Å². The summed E-state index contributed by atoms with van der Waals surface area (Å²) in [7, 11) is 0. The van der Waals surface area contributed by atoms with E-state index in [-0.39, 0.29) is 6.10 Å². The SMILES string of the molecule is CCC(C)C(C)NCC(O)COC(C)C. The van der Waals surface area contributed by atoms with Crippen LogP contribution in [0.1, 0.15) is 41.0 Å². The van der Waals surface area contributed by atoms with Crippen LogP contribution in [0.15, 0.2) is 0 Å². The molecule has 0 heterocycles. The van der Waals surface area contributed by atoms with Gasteiger partial charge in [-0.2, -0.15) is 0 Å². The van der Waals surface area contributed by atoms with Gasteiger partial charge in [0.05, 0.1) is 18.8 Å². The molecule has 2 N–H and O–H groups in total. The molecule has 0 aromatic rings. The fraction of sp³-hybridized carbons (Fsp3) is 1.00. The third kappa shape index (κ3) is 7.77. The Balaban J connectivity index is 3.56. The van der Waals surface area contributed by atoms with Crippen molar-refractivity contribution < 1.29 is 9.84 Å². The number of hydrogen-bond acceptors (Lipinski definition) is 3. The molecule has 15 heavy (non-hydrogen) atoms. The second-order valence-electron chi connectivity index (χ2n) is 4.62. The minimum Gasteiger partial charge on any atom is -0.389 e. The molecule has 0 spiro atoms. The van der Waals surface area contributed by atoms with Gasteiger partial charge in [-0.15, -0.1) is 0 Å². The quantitative estimate of drug-likeness (QED) is 0.651. The summed E-state index contributed by atoms with van der Waals surface area (Å²) in [5.74, 6) is 0.642. The Labute approximate surface area is 94.2 Å². The Morgan fingerprint density at radius 3 is 2.27 bits per heavy atom. The van der Waals surface area contributed by atoms with Gasteiger partial charge < -0.3 is 15.2 Å². The molecule has 0 saturated heterocycles. The van der Waals surface area contributed by atoms with Crippen molar-refractivity contribution in [2.75, 3.05) is 13.2 Å². The third-order valence-corrected chi connectivity index (χ3v) is 2.79. The van der Waals surface area contributed by atoms with Crippen LogP contribution in [0, 0.1) is 5.92 Å². The van der Waals surface area contributed by atoms with E-state index in [1.54, 1.807) is 0 Å². The third-order valence-electron chi connectivity index (χ3n) is 2.79. The molecule has 3 atom stereocenters. The lowest BCUT2D eigenvalue weighted by atomic mass is 10.0. The average molecular weight is 217 g/mol. The van der Waals surface area contributed by atoms with E-state index in [0.717, 1.165) is 6.42 Å². The number of rotatable bonds is 8. The van der Waals surface area contributed by atoms with Gasteiger partial charge in [-0.3, -0.25) is 0 Å². The van der Waals surface area contributed by atoms with Gasteiger partial charge in [0.25, 0.3) is 0 Å². The molecule has 92 valence electrons. The first-order chi connectivity index (χ1) is 6.97.